The molecule has 6 rings (SSSR count). The number of nitrogens with one attached hydrogen (secondary N) is 4. The zero-order chi connectivity index (χ0) is 29.9. The van der Waals surface area contributed by atoms with E-state index < -0.39 is 0 Å². The predicted molar refractivity (Wildman–Crippen MR) is 170 cm³/mol. The summed E-state index contributed by atoms with van der Waals surface area (Å²) < 4.78 is 14.7. The van der Waals surface area contributed by atoms with Crippen LogP contribution in [0.5, 0.6) is 0 Å². The molecule has 0 fully saturated rings. The summed E-state index contributed by atoms with van der Waals surface area (Å²) in [6.45, 7) is 3.51. The summed E-state index contributed by atoms with van der Waals surface area (Å²) in [7, 11) is 4.01. The van der Waals surface area contributed by atoms with Gasteiger partial charge in [0.25, 0.3) is 0 Å². The highest BCUT2D eigenvalue weighted by molar-refractivity contribution is 6.01. The van der Waals surface area contributed by atoms with Crippen LogP contribution in [0.2, 0.25) is 0 Å². The van der Waals surface area contributed by atoms with Crippen molar-refractivity contribution >= 4 is 39.2 Å². The van der Waals surface area contributed by atoms with E-state index in [1.54, 1.807) is 24.7 Å². The summed E-state index contributed by atoms with van der Waals surface area (Å²) in [5.74, 6) is -0.337. The number of hydrogen-bond donors (Lipinski definition) is 4. The number of pyridine rings is 2. The number of H-pyrrole nitrogens is 2. The van der Waals surface area contributed by atoms with Gasteiger partial charge in [-0.3, -0.25) is 14.9 Å². The van der Waals surface area contributed by atoms with E-state index in [0.29, 0.717) is 24.3 Å². The van der Waals surface area contributed by atoms with E-state index in [1.807, 2.05) is 57.4 Å². The molecule has 0 spiro atoms. The molecule has 0 aliphatic rings. The Hall–Kier alpha value is -5.09. The number of fused-ring (bicyclic) bond motifs is 2. The molecule has 10 heteroatoms. The number of carbonyl (C=O) groups excluding carboxylic acids is 1. The second kappa shape index (κ2) is 12.0. The lowest BCUT2D eigenvalue weighted by Gasteiger charge is -2.13. The van der Waals surface area contributed by atoms with Crippen molar-refractivity contribution in [1.29, 1.82) is 0 Å². The molecule has 0 saturated heterocycles. The first-order valence-electron chi connectivity index (χ1n) is 14.3. The van der Waals surface area contributed by atoms with Gasteiger partial charge in [0.15, 0.2) is 0 Å². The van der Waals surface area contributed by atoms with Gasteiger partial charge >= 0.3 is 0 Å². The molecule has 0 aliphatic heterocycles. The number of anilines is 2. The Morgan fingerprint density at radius 1 is 0.953 bits per heavy atom. The maximum absolute atomic E-state index is 14.7. The van der Waals surface area contributed by atoms with Crippen molar-refractivity contribution < 1.29 is 9.18 Å². The van der Waals surface area contributed by atoms with Gasteiger partial charge in [-0.1, -0.05) is 13.0 Å². The lowest BCUT2D eigenvalue weighted by Crippen LogP contribution is -2.20. The van der Waals surface area contributed by atoms with Crippen LogP contribution in [0.15, 0.2) is 73.2 Å². The van der Waals surface area contributed by atoms with Gasteiger partial charge in [-0.2, -0.15) is 5.10 Å². The maximum atomic E-state index is 14.7. The number of likely N-dealkylation sites (N-methyl/N-ethyl adjacent to an activating group) is 1. The van der Waals surface area contributed by atoms with Crippen LogP contribution in [-0.2, 0) is 4.79 Å². The van der Waals surface area contributed by atoms with Crippen LogP contribution in [0.3, 0.4) is 0 Å². The zero-order valence-electron chi connectivity index (χ0n) is 24.3. The Bertz CT molecular complexity index is 1930. The molecule has 1 amide bonds. The van der Waals surface area contributed by atoms with Crippen LogP contribution in [0.25, 0.3) is 55.6 Å². The molecule has 43 heavy (non-hydrogen) atoms. The highest BCUT2D eigenvalue weighted by Crippen LogP contribution is 2.35. The number of carbonyl (C=O) groups is 1. The van der Waals surface area contributed by atoms with Crippen LogP contribution in [0.4, 0.5) is 15.8 Å². The van der Waals surface area contributed by atoms with E-state index in [4.69, 9.17) is 0 Å². The molecule has 9 nitrogen and oxygen atoms in total. The summed E-state index contributed by atoms with van der Waals surface area (Å²) >= 11 is 0. The Labute approximate surface area is 248 Å². The molecule has 4 N–H and O–H groups in total. The summed E-state index contributed by atoms with van der Waals surface area (Å²) in [5, 5.41) is 15.8. The fourth-order valence-electron chi connectivity index (χ4n) is 5.19. The second-order valence-corrected chi connectivity index (χ2v) is 10.9. The average Bonchev–Trinajstić information content (AvgIpc) is 3.60. The van der Waals surface area contributed by atoms with Crippen molar-refractivity contribution in [2.24, 2.45) is 0 Å². The first-order valence-corrected chi connectivity index (χ1v) is 14.3. The second-order valence-electron chi connectivity index (χ2n) is 10.9. The molecule has 4 aromatic heterocycles. The quantitative estimate of drug-likeness (QED) is 0.145. The van der Waals surface area contributed by atoms with Gasteiger partial charge in [0.05, 0.1) is 23.1 Å². The molecule has 0 atom stereocenters. The number of aromatic amines is 2. The Balaban J connectivity index is 1.35. The number of aromatic nitrogens is 5. The van der Waals surface area contributed by atoms with Gasteiger partial charge in [0, 0.05) is 53.9 Å². The van der Waals surface area contributed by atoms with E-state index in [0.717, 1.165) is 68.6 Å². The van der Waals surface area contributed by atoms with Gasteiger partial charge in [0.2, 0.25) is 5.91 Å². The number of nitrogens with zero attached hydrogens (tertiary/aromatic N) is 4. The largest absolute Gasteiger partial charge is 0.384 e. The van der Waals surface area contributed by atoms with Crippen LogP contribution in [0.1, 0.15) is 19.8 Å². The Morgan fingerprint density at radius 2 is 1.81 bits per heavy atom. The van der Waals surface area contributed by atoms with Gasteiger partial charge in [-0.25, -0.2) is 9.37 Å². The normalized spacial score (nSPS) is 11.5. The lowest BCUT2D eigenvalue weighted by atomic mass is 10.0. The predicted octanol–water partition coefficient (Wildman–Crippen LogP) is 6.69. The average molecular weight is 577 g/mol. The van der Waals surface area contributed by atoms with E-state index in [1.165, 1.54) is 6.07 Å². The molecule has 6 aromatic rings. The lowest BCUT2D eigenvalue weighted by molar-refractivity contribution is -0.116. The standard InChI is InChI=1S/C33H33FN8O/c1-4-5-31(43)38-25-14-22(18-35-19-25)20-6-7-29-28(15-20)32(41-40-29)30-17-27-26(8-9-37-33(27)39-30)21-12-23(34)16-24(13-21)36-10-11-42(2)3/h6-9,12-19,36H,4-5,10-11H2,1-3H3,(H,37,39)(H,38,43)(H,40,41). The van der Waals surface area contributed by atoms with Gasteiger partial charge < -0.3 is 20.5 Å². The monoisotopic (exact) mass is 576 g/mol. The number of rotatable bonds is 10. The molecule has 0 radical (unpaired) electrons. The molecule has 0 bridgehead atoms. The minimum atomic E-state index is -0.306. The third-order valence-corrected chi connectivity index (χ3v) is 7.28. The zero-order valence-corrected chi connectivity index (χ0v) is 24.3. The fourth-order valence-corrected chi connectivity index (χ4v) is 5.19. The van der Waals surface area contributed by atoms with Gasteiger partial charge in [-0.05, 0) is 85.7 Å². The number of halogens is 1. The molecule has 0 aliphatic carbocycles. The third kappa shape index (κ3) is 6.09. The molecular formula is C33H33FN8O. The van der Waals surface area contributed by atoms with E-state index in [2.05, 4.69) is 46.7 Å². The summed E-state index contributed by atoms with van der Waals surface area (Å²) in [4.78, 5) is 26.5. The van der Waals surface area contributed by atoms with E-state index in [9.17, 15) is 9.18 Å². The minimum Gasteiger partial charge on any atom is -0.384 e. The van der Waals surface area contributed by atoms with Gasteiger partial charge in [-0.15, -0.1) is 0 Å². The molecular weight excluding hydrogens is 543 g/mol. The maximum Gasteiger partial charge on any atom is 0.224 e. The molecule has 0 saturated carbocycles. The van der Waals surface area contributed by atoms with Crippen molar-refractivity contribution in [3.05, 3.63) is 79.0 Å². The summed E-state index contributed by atoms with van der Waals surface area (Å²) in [6.07, 6.45) is 6.39. The fraction of sp³-hybridized carbons (Fsp3) is 0.212. The molecule has 0 unspecified atom stereocenters. The van der Waals surface area contributed by atoms with Crippen molar-refractivity contribution in [3.8, 4) is 33.6 Å². The topological polar surface area (TPSA) is 115 Å². The van der Waals surface area contributed by atoms with Crippen molar-refractivity contribution in [1.82, 2.24) is 30.0 Å². The SMILES string of the molecule is CCCC(=O)Nc1cncc(-c2ccc3[nH]nc(-c4cc5c(-c6cc(F)cc(NCCN(C)C)c6)ccnc5[nH]4)c3c2)c1. The summed E-state index contributed by atoms with van der Waals surface area (Å²) in [5.41, 5.74) is 7.94. The number of benzene rings is 2. The first-order chi connectivity index (χ1) is 20.9. The Morgan fingerprint density at radius 3 is 2.65 bits per heavy atom. The van der Waals surface area contributed by atoms with E-state index in [-0.39, 0.29) is 11.7 Å². The van der Waals surface area contributed by atoms with Gasteiger partial charge in [0.1, 0.15) is 17.2 Å². The molecule has 218 valence electrons. The van der Waals surface area contributed by atoms with Crippen molar-refractivity contribution in [2.45, 2.75) is 19.8 Å². The van der Waals surface area contributed by atoms with E-state index >= 15 is 0 Å². The van der Waals surface area contributed by atoms with Crippen LogP contribution >= 0.6 is 0 Å². The highest BCUT2D eigenvalue weighted by Gasteiger charge is 2.16. The van der Waals surface area contributed by atoms with Crippen molar-refractivity contribution in [3.63, 3.8) is 0 Å². The third-order valence-electron chi connectivity index (χ3n) is 7.28. The summed E-state index contributed by atoms with van der Waals surface area (Å²) in [6, 6.07) is 16.9. The minimum absolute atomic E-state index is 0.0316. The molecule has 2 aromatic carbocycles. The van der Waals surface area contributed by atoms with Crippen LogP contribution in [-0.4, -0.2) is 63.1 Å². The highest BCUT2D eigenvalue weighted by atomic mass is 19.1. The first kappa shape index (κ1) is 28.0. The number of hydrogen-bond acceptors (Lipinski definition) is 6. The Kier molecular flexibility index (Phi) is 7.84. The molecule has 4 heterocycles. The van der Waals surface area contributed by atoms with Crippen molar-refractivity contribution in [2.75, 3.05) is 37.8 Å². The smallest absolute Gasteiger partial charge is 0.224 e. The van der Waals surface area contributed by atoms with Crippen LogP contribution < -0.4 is 10.6 Å². The number of amides is 1. The van der Waals surface area contributed by atoms with Crippen LogP contribution in [0, 0.1) is 5.82 Å².